The molecular weight excluding hydrogens is 313 g/mol. The number of hydrogen-bond donors (Lipinski definition) is 1. The molecule has 0 bridgehead atoms. The summed E-state index contributed by atoms with van der Waals surface area (Å²) < 4.78 is 14.6. The van der Waals surface area contributed by atoms with E-state index < -0.39 is 0 Å². The van der Waals surface area contributed by atoms with Gasteiger partial charge in [-0.3, -0.25) is 0 Å². The van der Waals surface area contributed by atoms with Crippen molar-refractivity contribution in [3.63, 3.8) is 0 Å². The molecule has 102 valence electrons. The molecule has 0 aliphatic rings. The summed E-state index contributed by atoms with van der Waals surface area (Å²) >= 11 is 9.62. The first kappa shape index (κ1) is 13.7. The highest BCUT2D eigenvalue weighted by atomic mass is 35.5. The van der Waals surface area contributed by atoms with Crippen molar-refractivity contribution in [3.05, 3.63) is 58.2 Å². The van der Waals surface area contributed by atoms with E-state index in [9.17, 15) is 4.39 Å². The molecule has 0 fully saturated rings. The number of halogens is 2. The van der Waals surface area contributed by atoms with E-state index in [1.54, 1.807) is 29.2 Å². The van der Waals surface area contributed by atoms with Gasteiger partial charge in [0.25, 0.3) is 0 Å². The number of nitrogen functional groups attached to an aromatic ring is 1. The SMILES string of the molecule is Nc1ccc(SCc2sc3ccccc3c2Cl)cc1F. The smallest absolute Gasteiger partial charge is 0.147 e. The summed E-state index contributed by atoms with van der Waals surface area (Å²) in [6.45, 7) is 0. The van der Waals surface area contributed by atoms with Crippen LogP contribution in [0.5, 0.6) is 0 Å². The van der Waals surface area contributed by atoms with Crippen molar-refractivity contribution >= 4 is 50.5 Å². The molecule has 0 radical (unpaired) electrons. The van der Waals surface area contributed by atoms with Crippen molar-refractivity contribution in [2.24, 2.45) is 0 Å². The van der Waals surface area contributed by atoms with Crippen molar-refractivity contribution in [3.8, 4) is 0 Å². The van der Waals surface area contributed by atoms with E-state index >= 15 is 0 Å². The van der Waals surface area contributed by atoms with Crippen LogP contribution in [0, 0.1) is 5.82 Å². The molecule has 3 aromatic rings. The lowest BCUT2D eigenvalue weighted by Crippen LogP contribution is -1.89. The number of thiophene rings is 1. The number of nitrogens with two attached hydrogens (primary N) is 1. The average Bonchev–Trinajstić information content (AvgIpc) is 2.77. The van der Waals surface area contributed by atoms with Crippen LogP contribution in [0.25, 0.3) is 10.1 Å². The van der Waals surface area contributed by atoms with Gasteiger partial charge in [-0.2, -0.15) is 0 Å². The summed E-state index contributed by atoms with van der Waals surface area (Å²) in [7, 11) is 0. The predicted octanol–water partition coefficient (Wildman–Crippen LogP) is 5.57. The zero-order chi connectivity index (χ0) is 14.1. The molecule has 5 heteroatoms. The Bertz CT molecular complexity index is 770. The molecule has 0 spiro atoms. The highest BCUT2D eigenvalue weighted by Crippen LogP contribution is 2.38. The minimum absolute atomic E-state index is 0.175. The van der Waals surface area contributed by atoms with Crippen LogP contribution in [0.4, 0.5) is 10.1 Å². The first-order chi connectivity index (χ1) is 9.65. The van der Waals surface area contributed by atoms with Crippen LogP contribution in [-0.4, -0.2) is 0 Å². The molecule has 0 saturated heterocycles. The van der Waals surface area contributed by atoms with E-state index in [1.807, 2.05) is 24.3 Å². The third kappa shape index (κ3) is 2.64. The molecule has 1 nitrogen and oxygen atoms in total. The quantitative estimate of drug-likeness (QED) is 0.504. The van der Waals surface area contributed by atoms with Crippen molar-refractivity contribution in [2.75, 3.05) is 5.73 Å². The number of benzene rings is 2. The van der Waals surface area contributed by atoms with Crippen molar-refractivity contribution in [1.82, 2.24) is 0 Å². The summed E-state index contributed by atoms with van der Waals surface area (Å²) in [6.07, 6.45) is 0. The maximum absolute atomic E-state index is 13.4. The lowest BCUT2D eigenvalue weighted by molar-refractivity contribution is 0.629. The normalized spacial score (nSPS) is 11.1. The van der Waals surface area contributed by atoms with E-state index in [-0.39, 0.29) is 11.5 Å². The van der Waals surface area contributed by atoms with E-state index in [0.29, 0.717) is 0 Å². The molecule has 1 aromatic heterocycles. The minimum Gasteiger partial charge on any atom is -0.396 e. The maximum atomic E-state index is 13.4. The minimum atomic E-state index is -0.377. The standard InChI is InChI=1S/C15H11ClFNS2/c16-15-10-3-1-2-4-13(10)20-14(15)8-19-9-5-6-12(18)11(17)7-9/h1-7H,8,18H2. The monoisotopic (exact) mass is 323 g/mol. The van der Waals surface area contributed by atoms with E-state index in [2.05, 4.69) is 6.07 Å². The molecule has 0 unspecified atom stereocenters. The molecule has 0 atom stereocenters. The Morgan fingerprint density at radius 3 is 2.75 bits per heavy atom. The Kier molecular flexibility index (Phi) is 3.87. The van der Waals surface area contributed by atoms with Crippen molar-refractivity contribution in [1.29, 1.82) is 0 Å². The zero-order valence-electron chi connectivity index (χ0n) is 10.4. The molecule has 3 rings (SSSR count). The second kappa shape index (κ2) is 5.64. The largest absolute Gasteiger partial charge is 0.396 e. The highest BCUT2D eigenvalue weighted by Gasteiger charge is 2.10. The van der Waals surface area contributed by atoms with Crippen LogP contribution >= 0.6 is 34.7 Å². The van der Waals surface area contributed by atoms with Gasteiger partial charge in [0.15, 0.2) is 0 Å². The van der Waals surface area contributed by atoms with Gasteiger partial charge in [0.2, 0.25) is 0 Å². The van der Waals surface area contributed by atoms with Crippen LogP contribution in [0.15, 0.2) is 47.4 Å². The zero-order valence-corrected chi connectivity index (χ0v) is 12.8. The van der Waals surface area contributed by atoms with Crippen molar-refractivity contribution in [2.45, 2.75) is 10.6 Å². The molecule has 0 aliphatic carbocycles. The second-order valence-electron chi connectivity index (χ2n) is 4.31. The van der Waals surface area contributed by atoms with Crippen LogP contribution in [0.2, 0.25) is 5.02 Å². The number of rotatable bonds is 3. The molecule has 0 aliphatic heterocycles. The molecule has 0 amide bonds. The first-order valence-electron chi connectivity index (χ1n) is 5.99. The molecule has 0 saturated carbocycles. The van der Waals surface area contributed by atoms with Gasteiger partial charge in [-0.05, 0) is 24.3 Å². The summed E-state index contributed by atoms with van der Waals surface area (Å²) in [5.41, 5.74) is 5.64. The Morgan fingerprint density at radius 2 is 2.00 bits per heavy atom. The first-order valence-corrected chi connectivity index (χ1v) is 8.17. The lowest BCUT2D eigenvalue weighted by atomic mass is 10.2. The van der Waals surface area contributed by atoms with Gasteiger partial charge < -0.3 is 5.73 Å². The average molecular weight is 324 g/mol. The second-order valence-corrected chi connectivity index (χ2v) is 6.87. The predicted molar refractivity (Wildman–Crippen MR) is 87.2 cm³/mol. The number of thioether (sulfide) groups is 1. The maximum Gasteiger partial charge on any atom is 0.147 e. The lowest BCUT2D eigenvalue weighted by Gasteiger charge is -2.02. The summed E-state index contributed by atoms with van der Waals surface area (Å²) in [6, 6.07) is 12.9. The molecular formula is C15H11ClFNS2. The molecule has 1 heterocycles. The van der Waals surface area contributed by atoms with Gasteiger partial charge in [0, 0.05) is 25.6 Å². The molecule has 2 aromatic carbocycles. The van der Waals surface area contributed by atoms with Crippen LogP contribution < -0.4 is 5.73 Å². The number of hydrogen-bond acceptors (Lipinski definition) is 3. The van der Waals surface area contributed by atoms with Crippen molar-refractivity contribution < 1.29 is 4.39 Å². The summed E-state index contributed by atoms with van der Waals surface area (Å²) in [4.78, 5) is 1.96. The van der Waals surface area contributed by atoms with Crippen LogP contribution in [-0.2, 0) is 5.75 Å². The van der Waals surface area contributed by atoms with Crippen LogP contribution in [0.1, 0.15) is 4.88 Å². The third-order valence-corrected chi connectivity index (χ3v) is 5.86. The Balaban J connectivity index is 1.83. The fourth-order valence-electron chi connectivity index (χ4n) is 1.90. The van der Waals surface area contributed by atoms with Crippen LogP contribution in [0.3, 0.4) is 0 Å². The highest BCUT2D eigenvalue weighted by molar-refractivity contribution is 7.98. The fraction of sp³-hybridized carbons (Fsp3) is 0.0667. The molecule has 20 heavy (non-hydrogen) atoms. The van der Waals surface area contributed by atoms with E-state index in [0.717, 1.165) is 25.9 Å². The topological polar surface area (TPSA) is 26.0 Å². The van der Waals surface area contributed by atoms with E-state index in [1.165, 1.54) is 10.8 Å². The third-order valence-electron chi connectivity index (χ3n) is 2.94. The van der Waals surface area contributed by atoms with E-state index in [4.69, 9.17) is 17.3 Å². The number of fused-ring (bicyclic) bond motifs is 1. The van der Waals surface area contributed by atoms with Gasteiger partial charge in [-0.25, -0.2) is 4.39 Å². The Labute approximate surface area is 129 Å². The molecule has 2 N–H and O–H groups in total. The fourth-order valence-corrected chi connectivity index (χ4v) is 4.48. The van der Waals surface area contributed by atoms with Gasteiger partial charge in [0.1, 0.15) is 5.82 Å². The summed E-state index contributed by atoms with van der Waals surface area (Å²) in [5, 5.41) is 1.88. The Morgan fingerprint density at radius 1 is 1.20 bits per heavy atom. The van der Waals surface area contributed by atoms with Gasteiger partial charge in [0.05, 0.1) is 10.7 Å². The van der Waals surface area contributed by atoms with Gasteiger partial charge >= 0.3 is 0 Å². The summed E-state index contributed by atoms with van der Waals surface area (Å²) in [5.74, 6) is 0.346. The Hall–Kier alpha value is -1.23. The van der Waals surface area contributed by atoms with Gasteiger partial charge in [-0.1, -0.05) is 29.8 Å². The number of anilines is 1. The van der Waals surface area contributed by atoms with Gasteiger partial charge in [-0.15, -0.1) is 23.1 Å².